The Kier molecular flexibility index (Phi) is 6.64. The molecule has 5 nitrogen and oxygen atoms in total. The first-order valence-electron chi connectivity index (χ1n) is 8.90. The Morgan fingerprint density at radius 2 is 1.75 bits per heavy atom. The predicted molar refractivity (Wildman–Crippen MR) is 98.4 cm³/mol. The van der Waals surface area contributed by atoms with E-state index in [0.717, 1.165) is 18.8 Å². The fourth-order valence-corrected chi connectivity index (χ4v) is 3.07. The SMILES string of the molecule is CC(=O)N(CCC(=O)NC(C)C)c1ccc(N2CCCCC2)cc1. The molecule has 1 aliphatic rings. The zero-order valence-corrected chi connectivity index (χ0v) is 15.0. The lowest BCUT2D eigenvalue weighted by atomic mass is 10.1. The number of carbonyl (C=O) groups is 2. The highest BCUT2D eigenvalue weighted by molar-refractivity contribution is 5.92. The quantitative estimate of drug-likeness (QED) is 0.872. The lowest BCUT2D eigenvalue weighted by Gasteiger charge is -2.29. The molecule has 2 amide bonds. The van der Waals surface area contributed by atoms with E-state index < -0.39 is 0 Å². The molecule has 5 heteroatoms. The molecule has 2 rings (SSSR count). The van der Waals surface area contributed by atoms with Gasteiger partial charge in [0.1, 0.15) is 0 Å². The summed E-state index contributed by atoms with van der Waals surface area (Å²) in [5, 5.41) is 2.86. The smallest absolute Gasteiger partial charge is 0.223 e. The molecule has 0 saturated carbocycles. The third-order valence-corrected chi connectivity index (χ3v) is 4.27. The molecule has 1 saturated heterocycles. The first-order valence-corrected chi connectivity index (χ1v) is 8.90. The number of carbonyl (C=O) groups excluding carboxylic acids is 2. The molecular formula is C19H29N3O2. The summed E-state index contributed by atoms with van der Waals surface area (Å²) >= 11 is 0. The number of benzene rings is 1. The van der Waals surface area contributed by atoms with E-state index in [0.29, 0.717) is 13.0 Å². The topological polar surface area (TPSA) is 52.7 Å². The highest BCUT2D eigenvalue weighted by Crippen LogP contribution is 2.24. The van der Waals surface area contributed by atoms with Crippen molar-refractivity contribution in [2.24, 2.45) is 0 Å². The normalized spacial score (nSPS) is 14.6. The number of amides is 2. The van der Waals surface area contributed by atoms with Crippen LogP contribution >= 0.6 is 0 Å². The maximum Gasteiger partial charge on any atom is 0.223 e. The van der Waals surface area contributed by atoms with Crippen LogP contribution in [0.15, 0.2) is 24.3 Å². The van der Waals surface area contributed by atoms with Gasteiger partial charge in [0.2, 0.25) is 11.8 Å². The van der Waals surface area contributed by atoms with Gasteiger partial charge in [-0.3, -0.25) is 9.59 Å². The number of anilines is 2. The second-order valence-corrected chi connectivity index (χ2v) is 6.71. The summed E-state index contributed by atoms with van der Waals surface area (Å²) in [4.78, 5) is 27.8. The van der Waals surface area contributed by atoms with Crippen LogP contribution in [0, 0.1) is 0 Å². The van der Waals surface area contributed by atoms with Gasteiger partial charge in [-0.15, -0.1) is 0 Å². The van der Waals surface area contributed by atoms with Crippen LogP contribution in [0.2, 0.25) is 0 Å². The van der Waals surface area contributed by atoms with Crippen molar-refractivity contribution in [2.75, 3.05) is 29.4 Å². The van der Waals surface area contributed by atoms with Crippen LogP contribution in [-0.2, 0) is 9.59 Å². The monoisotopic (exact) mass is 331 g/mol. The third-order valence-electron chi connectivity index (χ3n) is 4.27. The second-order valence-electron chi connectivity index (χ2n) is 6.71. The van der Waals surface area contributed by atoms with Gasteiger partial charge in [0.15, 0.2) is 0 Å². The van der Waals surface area contributed by atoms with Gasteiger partial charge in [-0.25, -0.2) is 0 Å². The van der Waals surface area contributed by atoms with Gasteiger partial charge in [0, 0.05) is 50.4 Å². The maximum atomic E-state index is 11.9. The van der Waals surface area contributed by atoms with E-state index in [9.17, 15) is 9.59 Å². The summed E-state index contributed by atoms with van der Waals surface area (Å²) in [5.74, 6) is -0.0701. The summed E-state index contributed by atoms with van der Waals surface area (Å²) in [6.45, 7) is 8.01. The van der Waals surface area contributed by atoms with Gasteiger partial charge in [0.05, 0.1) is 0 Å². The Morgan fingerprint density at radius 3 is 2.29 bits per heavy atom. The first-order chi connectivity index (χ1) is 11.5. The highest BCUT2D eigenvalue weighted by atomic mass is 16.2. The van der Waals surface area contributed by atoms with Crippen molar-refractivity contribution in [3.63, 3.8) is 0 Å². The number of piperidine rings is 1. The van der Waals surface area contributed by atoms with Crippen molar-refractivity contribution >= 4 is 23.2 Å². The average molecular weight is 331 g/mol. The van der Waals surface area contributed by atoms with Crippen molar-refractivity contribution in [3.05, 3.63) is 24.3 Å². The Balaban J connectivity index is 1.99. The van der Waals surface area contributed by atoms with Crippen molar-refractivity contribution < 1.29 is 9.59 Å². The molecule has 24 heavy (non-hydrogen) atoms. The van der Waals surface area contributed by atoms with E-state index in [-0.39, 0.29) is 17.9 Å². The molecule has 1 heterocycles. The van der Waals surface area contributed by atoms with Gasteiger partial charge in [0.25, 0.3) is 0 Å². The van der Waals surface area contributed by atoms with Crippen LogP contribution in [0.1, 0.15) is 46.5 Å². The lowest BCUT2D eigenvalue weighted by molar-refractivity contribution is -0.121. The van der Waals surface area contributed by atoms with Crippen LogP contribution in [0.3, 0.4) is 0 Å². The third kappa shape index (κ3) is 5.25. The summed E-state index contributed by atoms with van der Waals surface area (Å²) in [7, 11) is 0. The second kappa shape index (κ2) is 8.71. The molecule has 132 valence electrons. The molecule has 0 unspecified atom stereocenters. The molecule has 0 radical (unpaired) electrons. The Morgan fingerprint density at radius 1 is 1.12 bits per heavy atom. The standard InChI is InChI=1S/C19H29N3O2/c1-15(2)20-19(24)11-14-22(16(3)23)18-9-7-17(8-10-18)21-12-5-4-6-13-21/h7-10,15H,4-6,11-14H2,1-3H3,(H,20,24). The molecule has 1 aromatic rings. The summed E-state index contributed by atoms with van der Waals surface area (Å²) < 4.78 is 0. The fourth-order valence-electron chi connectivity index (χ4n) is 3.07. The van der Waals surface area contributed by atoms with E-state index in [1.807, 2.05) is 26.0 Å². The van der Waals surface area contributed by atoms with Gasteiger partial charge in [-0.2, -0.15) is 0 Å². The van der Waals surface area contributed by atoms with Crippen molar-refractivity contribution in [3.8, 4) is 0 Å². The average Bonchev–Trinajstić information content (AvgIpc) is 2.55. The first kappa shape index (κ1) is 18.3. The molecule has 0 aliphatic carbocycles. The van der Waals surface area contributed by atoms with Crippen LogP contribution in [0.25, 0.3) is 0 Å². The molecule has 0 spiro atoms. The summed E-state index contributed by atoms with van der Waals surface area (Å²) in [6.07, 6.45) is 4.11. The van der Waals surface area contributed by atoms with Gasteiger partial charge >= 0.3 is 0 Å². The predicted octanol–water partition coefficient (Wildman–Crippen LogP) is 2.94. The van der Waals surface area contributed by atoms with E-state index in [1.165, 1.54) is 24.9 Å². The Bertz CT molecular complexity index is 548. The van der Waals surface area contributed by atoms with E-state index in [2.05, 4.69) is 22.3 Å². The number of hydrogen-bond donors (Lipinski definition) is 1. The minimum absolute atomic E-state index is 0.0267. The van der Waals surface area contributed by atoms with Gasteiger partial charge in [-0.1, -0.05) is 0 Å². The fraction of sp³-hybridized carbons (Fsp3) is 0.579. The molecule has 0 aromatic heterocycles. The molecule has 1 aromatic carbocycles. The van der Waals surface area contributed by atoms with Gasteiger partial charge < -0.3 is 15.1 Å². The van der Waals surface area contributed by atoms with E-state index in [4.69, 9.17) is 0 Å². The maximum absolute atomic E-state index is 11.9. The molecule has 0 atom stereocenters. The molecule has 1 fully saturated rings. The Labute approximate surface area is 145 Å². The number of nitrogens with one attached hydrogen (secondary N) is 1. The van der Waals surface area contributed by atoms with Crippen molar-refractivity contribution in [1.29, 1.82) is 0 Å². The molecule has 1 aliphatic heterocycles. The number of rotatable bonds is 6. The van der Waals surface area contributed by atoms with Crippen molar-refractivity contribution in [1.82, 2.24) is 5.32 Å². The Hall–Kier alpha value is -2.04. The van der Waals surface area contributed by atoms with E-state index in [1.54, 1.807) is 11.8 Å². The van der Waals surface area contributed by atoms with Crippen molar-refractivity contribution in [2.45, 2.75) is 52.5 Å². The highest BCUT2D eigenvalue weighted by Gasteiger charge is 2.15. The van der Waals surface area contributed by atoms with E-state index >= 15 is 0 Å². The minimum atomic E-state index is -0.0435. The molecule has 0 bridgehead atoms. The van der Waals surface area contributed by atoms with Crippen LogP contribution < -0.4 is 15.1 Å². The largest absolute Gasteiger partial charge is 0.372 e. The van der Waals surface area contributed by atoms with Crippen LogP contribution in [-0.4, -0.2) is 37.5 Å². The minimum Gasteiger partial charge on any atom is -0.372 e. The van der Waals surface area contributed by atoms with Crippen LogP contribution in [0.5, 0.6) is 0 Å². The zero-order chi connectivity index (χ0) is 17.5. The van der Waals surface area contributed by atoms with Crippen LogP contribution in [0.4, 0.5) is 11.4 Å². The molecule has 1 N–H and O–H groups in total. The molecular weight excluding hydrogens is 302 g/mol. The summed E-state index contributed by atoms with van der Waals surface area (Å²) in [5.41, 5.74) is 2.06. The number of nitrogens with zero attached hydrogens (tertiary/aromatic N) is 2. The lowest BCUT2D eigenvalue weighted by Crippen LogP contribution is -2.36. The number of hydrogen-bond acceptors (Lipinski definition) is 3. The zero-order valence-electron chi connectivity index (χ0n) is 15.0. The van der Waals surface area contributed by atoms with Gasteiger partial charge in [-0.05, 0) is 57.4 Å². The summed E-state index contributed by atoms with van der Waals surface area (Å²) in [6, 6.07) is 8.22.